The molecule has 0 aliphatic carbocycles. The SMILES string of the molecule is CCCCNCCCN1C(=O)C(CC)SC1c1ccccc1.Cl. The maximum absolute atomic E-state index is 12.6. The van der Waals surface area contributed by atoms with Crippen LogP contribution in [0.3, 0.4) is 0 Å². The number of nitrogens with zero attached hydrogens (tertiary/aromatic N) is 1. The van der Waals surface area contributed by atoms with Crippen molar-refractivity contribution in [1.82, 2.24) is 10.2 Å². The monoisotopic (exact) mass is 356 g/mol. The summed E-state index contributed by atoms with van der Waals surface area (Å²) >= 11 is 1.81. The zero-order chi connectivity index (χ0) is 15.8. The number of unbranched alkanes of at least 4 members (excludes halogenated alkanes) is 1. The van der Waals surface area contributed by atoms with Gasteiger partial charge in [0.1, 0.15) is 5.37 Å². The zero-order valence-corrected chi connectivity index (χ0v) is 15.8. The average Bonchev–Trinajstić information content (AvgIpc) is 2.88. The number of thioether (sulfide) groups is 1. The van der Waals surface area contributed by atoms with Crippen molar-refractivity contribution in [3.05, 3.63) is 35.9 Å². The Bertz CT molecular complexity index is 458. The van der Waals surface area contributed by atoms with Crippen molar-refractivity contribution in [2.24, 2.45) is 0 Å². The molecule has 1 N–H and O–H groups in total. The fraction of sp³-hybridized carbons (Fsp3) is 0.611. The number of carbonyl (C=O) groups excluding carboxylic acids is 1. The summed E-state index contributed by atoms with van der Waals surface area (Å²) in [6.45, 7) is 7.23. The second-order valence-corrected chi connectivity index (χ2v) is 7.07. The van der Waals surface area contributed by atoms with E-state index in [9.17, 15) is 4.79 Å². The summed E-state index contributed by atoms with van der Waals surface area (Å²) in [6, 6.07) is 10.4. The Morgan fingerprint density at radius 3 is 2.48 bits per heavy atom. The summed E-state index contributed by atoms with van der Waals surface area (Å²) in [6.07, 6.45) is 4.39. The quantitative estimate of drug-likeness (QED) is 0.671. The van der Waals surface area contributed by atoms with Crippen molar-refractivity contribution >= 4 is 30.1 Å². The van der Waals surface area contributed by atoms with E-state index in [4.69, 9.17) is 0 Å². The standard InChI is InChI=1S/C18H28N2OS.ClH/c1-3-5-12-19-13-9-14-20-17(21)16(4-2)22-18(20)15-10-7-6-8-11-15;/h6-8,10-11,16,18-19H,3-5,9,12-14H2,1-2H3;1H. The summed E-state index contributed by atoms with van der Waals surface area (Å²) < 4.78 is 0. The van der Waals surface area contributed by atoms with Gasteiger partial charge in [0.05, 0.1) is 5.25 Å². The molecular weight excluding hydrogens is 328 g/mol. The molecule has 3 nitrogen and oxygen atoms in total. The van der Waals surface area contributed by atoms with Gasteiger partial charge in [-0.15, -0.1) is 24.2 Å². The summed E-state index contributed by atoms with van der Waals surface area (Å²) in [5.41, 5.74) is 1.25. The van der Waals surface area contributed by atoms with E-state index in [0.29, 0.717) is 5.91 Å². The number of benzene rings is 1. The van der Waals surface area contributed by atoms with Crippen LogP contribution in [0.2, 0.25) is 0 Å². The topological polar surface area (TPSA) is 32.3 Å². The molecule has 0 spiro atoms. The van der Waals surface area contributed by atoms with Gasteiger partial charge in [-0.25, -0.2) is 0 Å². The second-order valence-electron chi connectivity index (χ2n) is 5.78. The largest absolute Gasteiger partial charge is 0.326 e. The average molecular weight is 357 g/mol. The van der Waals surface area contributed by atoms with Gasteiger partial charge in [0, 0.05) is 6.54 Å². The van der Waals surface area contributed by atoms with Crippen LogP contribution in [0, 0.1) is 0 Å². The number of amides is 1. The molecule has 0 bridgehead atoms. The van der Waals surface area contributed by atoms with E-state index >= 15 is 0 Å². The Balaban J connectivity index is 0.00000264. The molecule has 1 aromatic rings. The van der Waals surface area contributed by atoms with Crippen LogP contribution in [0.1, 0.15) is 50.5 Å². The summed E-state index contributed by atoms with van der Waals surface area (Å²) in [5.74, 6) is 0.315. The molecule has 1 heterocycles. The van der Waals surface area contributed by atoms with Crippen molar-refractivity contribution in [2.75, 3.05) is 19.6 Å². The Labute approximate surface area is 151 Å². The molecule has 5 heteroatoms. The predicted octanol–water partition coefficient (Wildman–Crippen LogP) is 4.24. The van der Waals surface area contributed by atoms with Gasteiger partial charge in [-0.2, -0.15) is 0 Å². The highest BCUT2D eigenvalue weighted by atomic mass is 35.5. The van der Waals surface area contributed by atoms with Crippen LogP contribution in [0.15, 0.2) is 30.3 Å². The number of hydrogen-bond acceptors (Lipinski definition) is 3. The first-order valence-electron chi connectivity index (χ1n) is 8.49. The minimum atomic E-state index is 0. The molecule has 0 radical (unpaired) electrons. The van der Waals surface area contributed by atoms with Gasteiger partial charge in [-0.1, -0.05) is 50.6 Å². The first kappa shape index (κ1) is 20.3. The molecule has 1 saturated heterocycles. The lowest BCUT2D eigenvalue weighted by Crippen LogP contribution is -2.33. The van der Waals surface area contributed by atoms with Gasteiger partial charge in [0.15, 0.2) is 0 Å². The lowest BCUT2D eigenvalue weighted by Gasteiger charge is -2.24. The normalized spacial score (nSPS) is 20.6. The molecule has 1 aliphatic rings. The first-order valence-corrected chi connectivity index (χ1v) is 9.43. The van der Waals surface area contributed by atoms with Crippen LogP contribution in [0.4, 0.5) is 0 Å². The van der Waals surface area contributed by atoms with Crippen molar-refractivity contribution < 1.29 is 4.79 Å². The molecule has 0 saturated carbocycles. The number of rotatable bonds is 9. The molecule has 2 atom stereocenters. The maximum Gasteiger partial charge on any atom is 0.236 e. The van der Waals surface area contributed by atoms with Crippen LogP contribution in [0.5, 0.6) is 0 Å². The number of hydrogen-bond donors (Lipinski definition) is 1. The van der Waals surface area contributed by atoms with Crippen LogP contribution in [-0.4, -0.2) is 35.7 Å². The molecule has 2 rings (SSSR count). The van der Waals surface area contributed by atoms with Gasteiger partial charge in [0.2, 0.25) is 5.91 Å². The predicted molar refractivity (Wildman–Crippen MR) is 102 cm³/mol. The summed E-state index contributed by atoms with van der Waals surface area (Å²) in [7, 11) is 0. The fourth-order valence-electron chi connectivity index (χ4n) is 2.76. The van der Waals surface area contributed by atoms with E-state index in [0.717, 1.165) is 32.5 Å². The summed E-state index contributed by atoms with van der Waals surface area (Å²) in [4.78, 5) is 14.7. The van der Waals surface area contributed by atoms with Gasteiger partial charge in [-0.05, 0) is 37.9 Å². The lowest BCUT2D eigenvalue weighted by atomic mass is 10.2. The second kappa shape index (κ2) is 11.0. The minimum absolute atomic E-state index is 0. The Kier molecular flexibility index (Phi) is 9.68. The Morgan fingerprint density at radius 2 is 1.83 bits per heavy atom. The highest BCUT2D eigenvalue weighted by molar-refractivity contribution is 8.01. The highest BCUT2D eigenvalue weighted by Gasteiger charge is 2.39. The van der Waals surface area contributed by atoms with E-state index in [1.54, 1.807) is 0 Å². The van der Waals surface area contributed by atoms with E-state index in [-0.39, 0.29) is 23.0 Å². The van der Waals surface area contributed by atoms with Crippen LogP contribution < -0.4 is 5.32 Å². The molecule has 130 valence electrons. The van der Waals surface area contributed by atoms with E-state index in [1.165, 1.54) is 18.4 Å². The molecule has 2 unspecified atom stereocenters. The smallest absolute Gasteiger partial charge is 0.236 e. The highest BCUT2D eigenvalue weighted by Crippen LogP contribution is 2.43. The van der Waals surface area contributed by atoms with E-state index in [2.05, 4.69) is 48.3 Å². The molecule has 0 aromatic heterocycles. The summed E-state index contributed by atoms with van der Waals surface area (Å²) in [5, 5.41) is 3.77. The third-order valence-electron chi connectivity index (χ3n) is 4.05. The molecule has 1 aromatic carbocycles. The van der Waals surface area contributed by atoms with Crippen molar-refractivity contribution in [2.45, 2.75) is 50.2 Å². The maximum atomic E-state index is 12.6. The zero-order valence-electron chi connectivity index (χ0n) is 14.2. The molecule has 1 fully saturated rings. The van der Waals surface area contributed by atoms with Gasteiger partial charge in [0.25, 0.3) is 0 Å². The van der Waals surface area contributed by atoms with Crippen molar-refractivity contribution in [3.63, 3.8) is 0 Å². The first-order chi connectivity index (χ1) is 10.8. The van der Waals surface area contributed by atoms with E-state index < -0.39 is 0 Å². The van der Waals surface area contributed by atoms with Gasteiger partial charge in [-0.3, -0.25) is 4.79 Å². The van der Waals surface area contributed by atoms with E-state index in [1.807, 2.05) is 17.8 Å². The van der Waals surface area contributed by atoms with Gasteiger partial charge < -0.3 is 10.2 Å². The molecule has 1 aliphatic heterocycles. The molecule has 23 heavy (non-hydrogen) atoms. The third-order valence-corrected chi connectivity index (χ3v) is 5.70. The van der Waals surface area contributed by atoms with Crippen molar-refractivity contribution in [3.8, 4) is 0 Å². The Hall–Kier alpha value is -0.710. The molecular formula is C18H29ClN2OS. The van der Waals surface area contributed by atoms with Crippen LogP contribution in [0.25, 0.3) is 0 Å². The lowest BCUT2D eigenvalue weighted by molar-refractivity contribution is -0.130. The number of carbonyl (C=O) groups is 1. The van der Waals surface area contributed by atoms with Crippen molar-refractivity contribution in [1.29, 1.82) is 0 Å². The minimum Gasteiger partial charge on any atom is -0.326 e. The molecule has 1 amide bonds. The Morgan fingerprint density at radius 1 is 1.13 bits per heavy atom. The van der Waals surface area contributed by atoms with Gasteiger partial charge >= 0.3 is 0 Å². The van der Waals surface area contributed by atoms with Crippen LogP contribution in [-0.2, 0) is 4.79 Å². The number of halogens is 1. The third kappa shape index (κ3) is 5.70. The fourth-order valence-corrected chi connectivity index (χ4v) is 4.19. The number of nitrogens with one attached hydrogen (secondary N) is 1. The van der Waals surface area contributed by atoms with Crippen LogP contribution >= 0.6 is 24.2 Å².